The minimum atomic E-state index is -1.45. The summed E-state index contributed by atoms with van der Waals surface area (Å²) in [5.41, 5.74) is -3.07. The van der Waals surface area contributed by atoms with Crippen molar-refractivity contribution >= 4 is 45.1 Å². The number of fused-ring (bicyclic) bond motifs is 2. The molecule has 0 spiro atoms. The first kappa shape index (κ1) is 44.4. The Labute approximate surface area is 353 Å². The standard InChI is InChI=1S/C44H48N2O16/c1-19-27(57-41-31(49)29(47)35(55-7)43(3,4)61-41)14-12-21-17-25(39(53)59-33(19)21)45-37(51)23-10-9-11-24(16-23)38(52)46-26-18-22-13-15-28(20(2)34(22)60-40(26)54)58-42-32(50)30(48)36(56-8)44(5,6)62-42/h9-18,29-32,35-36,41-42,47-50H,1-8H3,(H,45,51)(H,46,52)/t29-,30-,31+,32+,35+,36+,41+,42+/m0/s1. The Balaban J connectivity index is 1.04. The summed E-state index contributed by atoms with van der Waals surface area (Å²) in [6.45, 7) is 10.0. The molecule has 2 amide bonds. The van der Waals surface area contributed by atoms with Gasteiger partial charge in [0, 0.05) is 47.2 Å². The van der Waals surface area contributed by atoms with Crippen LogP contribution in [0.15, 0.2) is 79.1 Å². The molecule has 2 aliphatic rings. The van der Waals surface area contributed by atoms with Crippen LogP contribution < -0.4 is 31.4 Å². The van der Waals surface area contributed by atoms with Crippen molar-refractivity contribution < 1.29 is 67.3 Å². The van der Waals surface area contributed by atoms with Crippen molar-refractivity contribution in [2.24, 2.45) is 0 Å². The highest BCUT2D eigenvalue weighted by Crippen LogP contribution is 2.37. The van der Waals surface area contributed by atoms with E-state index >= 15 is 0 Å². The number of amides is 2. The molecule has 8 atom stereocenters. The van der Waals surface area contributed by atoms with Gasteiger partial charge in [0.15, 0.2) is 0 Å². The number of aryl methyl sites for hydroxylation is 2. The van der Waals surface area contributed by atoms with Crippen LogP contribution >= 0.6 is 0 Å². The average molecular weight is 861 g/mol. The molecule has 2 aliphatic heterocycles. The Morgan fingerprint density at radius 3 is 1.35 bits per heavy atom. The molecule has 18 heteroatoms. The largest absolute Gasteiger partial charge is 0.462 e. The lowest BCUT2D eigenvalue weighted by Crippen LogP contribution is -2.63. The summed E-state index contributed by atoms with van der Waals surface area (Å²) in [5.74, 6) is -1.04. The number of nitrogens with one attached hydrogen (secondary N) is 2. The zero-order chi connectivity index (χ0) is 45.0. The number of aliphatic hydroxyl groups is 4. The van der Waals surface area contributed by atoms with Crippen molar-refractivity contribution in [1.82, 2.24) is 0 Å². The smallest absolute Gasteiger partial charge is 0.360 e. The van der Waals surface area contributed by atoms with E-state index in [1.54, 1.807) is 65.8 Å². The number of carbonyl (C=O) groups excluding carboxylic acids is 2. The fourth-order valence-corrected chi connectivity index (χ4v) is 7.89. The molecule has 2 saturated heterocycles. The van der Waals surface area contributed by atoms with E-state index < -0.39 is 83.5 Å². The van der Waals surface area contributed by atoms with Gasteiger partial charge >= 0.3 is 11.3 Å². The van der Waals surface area contributed by atoms with Crippen LogP contribution in [0.4, 0.5) is 11.4 Å². The Kier molecular flexibility index (Phi) is 12.1. The summed E-state index contributed by atoms with van der Waals surface area (Å²) < 4.78 is 45.5. The SMILES string of the molecule is CO[C@@H]1[C@@H](O)[C@@H](O)[C@H](Oc2ccc3cc(NC(=O)c4cccc(C(=O)Nc5cc6ccc(O[C@@H]7OC(C)(C)[C@H](OC)[C@@H](O)[C@H]7O)c(C)c6oc5=O)c4)c(=O)oc3c2C)OC1(C)C. The van der Waals surface area contributed by atoms with Gasteiger partial charge in [-0.1, -0.05) is 6.07 Å². The average Bonchev–Trinajstić information content (AvgIpc) is 3.22. The van der Waals surface area contributed by atoms with Crippen LogP contribution in [0.1, 0.15) is 59.5 Å². The highest BCUT2D eigenvalue weighted by molar-refractivity contribution is 6.09. The minimum absolute atomic E-state index is 0.0124. The predicted molar refractivity (Wildman–Crippen MR) is 222 cm³/mol. The summed E-state index contributed by atoms with van der Waals surface area (Å²) in [4.78, 5) is 53.0. The van der Waals surface area contributed by atoms with Gasteiger partial charge in [-0.25, -0.2) is 9.59 Å². The number of anilines is 2. The fourth-order valence-electron chi connectivity index (χ4n) is 7.89. The maximum absolute atomic E-state index is 13.4. The topological polar surface area (TPSA) is 255 Å². The second-order valence-corrected chi connectivity index (χ2v) is 16.3. The first-order valence-electron chi connectivity index (χ1n) is 19.6. The Hall–Kier alpha value is -5.70. The molecular formula is C44H48N2O16. The number of ether oxygens (including phenoxy) is 6. The Morgan fingerprint density at radius 1 is 0.597 bits per heavy atom. The van der Waals surface area contributed by atoms with Crippen molar-refractivity contribution in [3.8, 4) is 11.5 Å². The van der Waals surface area contributed by atoms with E-state index in [1.165, 1.54) is 50.6 Å². The lowest BCUT2D eigenvalue weighted by Gasteiger charge is -2.46. The van der Waals surface area contributed by atoms with Gasteiger partial charge in [-0.05, 0) is 96.1 Å². The van der Waals surface area contributed by atoms with E-state index in [0.29, 0.717) is 21.9 Å². The molecule has 18 nitrogen and oxygen atoms in total. The van der Waals surface area contributed by atoms with Gasteiger partial charge in [-0.15, -0.1) is 0 Å². The van der Waals surface area contributed by atoms with Crippen LogP contribution in [0.5, 0.6) is 11.5 Å². The summed E-state index contributed by atoms with van der Waals surface area (Å²) >= 11 is 0. The molecule has 2 fully saturated rings. The van der Waals surface area contributed by atoms with E-state index in [2.05, 4.69) is 10.6 Å². The number of benzene rings is 3. The first-order chi connectivity index (χ1) is 29.2. The van der Waals surface area contributed by atoms with Crippen LogP contribution in [0.25, 0.3) is 21.9 Å². The van der Waals surface area contributed by atoms with Crippen LogP contribution in [0, 0.1) is 13.8 Å². The van der Waals surface area contributed by atoms with E-state index in [4.69, 9.17) is 37.3 Å². The monoisotopic (exact) mass is 860 g/mol. The second kappa shape index (κ2) is 16.9. The molecule has 4 heterocycles. The van der Waals surface area contributed by atoms with Crippen molar-refractivity contribution in [3.05, 3.63) is 104 Å². The molecule has 6 N–H and O–H groups in total. The fraction of sp³-hybridized carbons (Fsp3) is 0.409. The molecule has 0 unspecified atom stereocenters. The van der Waals surface area contributed by atoms with Gasteiger partial charge in [0.2, 0.25) is 12.6 Å². The maximum atomic E-state index is 13.4. The molecule has 2 aromatic heterocycles. The molecule has 3 aromatic carbocycles. The Bertz CT molecular complexity index is 2480. The number of methoxy groups -OCH3 is 2. The number of hydrogen-bond acceptors (Lipinski definition) is 16. The maximum Gasteiger partial charge on any atom is 0.360 e. The molecule has 62 heavy (non-hydrogen) atoms. The third-order valence-electron chi connectivity index (χ3n) is 11.2. The Morgan fingerprint density at radius 2 is 0.984 bits per heavy atom. The number of carbonyl (C=O) groups is 2. The van der Waals surface area contributed by atoms with Gasteiger partial charge in [-0.3, -0.25) is 9.59 Å². The van der Waals surface area contributed by atoms with Crippen LogP contribution in [0.3, 0.4) is 0 Å². The third-order valence-corrected chi connectivity index (χ3v) is 11.2. The van der Waals surface area contributed by atoms with Crippen molar-refractivity contribution in [2.45, 2.75) is 102 Å². The summed E-state index contributed by atoms with van der Waals surface area (Å²) in [7, 11) is 2.80. The molecule has 0 aliphatic carbocycles. The van der Waals surface area contributed by atoms with Gasteiger partial charge in [0.25, 0.3) is 11.8 Å². The molecule has 5 aromatic rings. The van der Waals surface area contributed by atoms with E-state index in [-0.39, 0.29) is 45.2 Å². The van der Waals surface area contributed by atoms with Crippen molar-refractivity contribution in [3.63, 3.8) is 0 Å². The van der Waals surface area contributed by atoms with E-state index in [0.717, 1.165) is 0 Å². The normalized spacial score (nSPS) is 25.6. The lowest BCUT2D eigenvalue weighted by molar-refractivity contribution is -0.306. The zero-order valence-electron chi connectivity index (χ0n) is 35.1. The number of aliphatic hydroxyl groups excluding tert-OH is 4. The van der Waals surface area contributed by atoms with E-state index in [9.17, 15) is 39.6 Å². The van der Waals surface area contributed by atoms with Crippen LogP contribution in [-0.4, -0.2) is 107 Å². The highest BCUT2D eigenvalue weighted by Gasteiger charge is 2.52. The summed E-state index contributed by atoms with van der Waals surface area (Å²) in [5, 5.41) is 48.5. The summed E-state index contributed by atoms with van der Waals surface area (Å²) in [6, 6.07) is 14.7. The zero-order valence-corrected chi connectivity index (χ0v) is 35.1. The molecule has 0 saturated carbocycles. The molecule has 0 radical (unpaired) electrons. The van der Waals surface area contributed by atoms with Gasteiger partial charge < -0.3 is 68.3 Å². The van der Waals surface area contributed by atoms with Gasteiger partial charge in [0.1, 0.15) is 70.7 Å². The molecule has 330 valence electrons. The predicted octanol–water partition coefficient (Wildman–Crippen LogP) is 3.52. The van der Waals surface area contributed by atoms with Gasteiger partial charge in [0.05, 0.1) is 11.2 Å². The second-order valence-electron chi connectivity index (χ2n) is 16.3. The molecule has 7 rings (SSSR count). The number of hydrogen-bond donors (Lipinski definition) is 6. The quantitative estimate of drug-likeness (QED) is 0.110. The van der Waals surface area contributed by atoms with Crippen LogP contribution in [-0.2, 0) is 18.9 Å². The molecular weight excluding hydrogens is 812 g/mol. The number of rotatable bonds is 10. The first-order valence-corrected chi connectivity index (χ1v) is 19.6. The van der Waals surface area contributed by atoms with E-state index in [1.807, 2.05) is 0 Å². The van der Waals surface area contributed by atoms with Crippen molar-refractivity contribution in [2.75, 3.05) is 24.9 Å². The highest BCUT2D eigenvalue weighted by atomic mass is 16.7. The van der Waals surface area contributed by atoms with Crippen molar-refractivity contribution in [1.29, 1.82) is 0 Å². The molecule has 0 bridgehead atoms. The van der Waals surface area contributed by atoms with Crippen LogP contribution in [0.2, 0.25) is 0 Å². The minimum Gasteiger partial charge on any atom is -0.462 e. The third kappa shape index (κ3) is 8.30. The summed E-state index contributed by atoms with van der Waals surface area (Å²) in [6.07, 6.45) is -9.70. The van der Waals surface area contributed by atoms with Gasteiger partial charge in [-0.2, -0.15) is 0 Å². The lowest BCUT2D eigenvalue weighted by atomic mass is 9.89.